The lowest BCUT2D eigenvalue weighted by Crippen LogP contribution is -2.20. The molecule has 0 atom stereocenters. The van der Waals surface area contributed by atoms with E-state index in [1.807, 2.05) is 74.5 Å². The molecule has 0 spiro atoms. The van der Waals surface area contributed by atoms with Gasteiger partial charge in [0.15, 0.2) is 0 Å². The van der Waals surface area contributed by atoms with Crippen LogP contribution in [0.4, 0.5) is 22.7 Å². The lowest BCUT2D eigenvalue weighted by molar-refractivity contribution is -0.118. The Morgan fingerprint density at radius 1 is 0.760 bits per heavy atom. The van der Waals surface area contributed by atoms with E-state index in [4.69, 9.17) is 0 Å². The highest BCUT2D eigenvalue weighted by molar-refractivity contribution is 5.97. The van der Waals surface area contributed by atoms with Crippen molar-refractivity contribution in [2.24, 2.45) is 5.92 Å². The van der Waals surface area contributed by atoms with Crippen molar-refractivity contribution in [3.63, 3.8) is 0 Å². The summed E-state index contributed by atoms with van der Waals surface area (Å²) in [6.07, 6.45) is 0. The zero-order valence-corrected chi connectivity index (χ0v) is 14.5. The van der Waals surface area contributed by atoms with Gasteiger partial charge in [-0.05, 0) is 36.4 Å². The van der Waals surface area contributed by atoms with Crippen molar-refractivity contribution in [3.8, 4) is 0 Å². The molecule has 0 aliphatic carbocycles. The van der Waals surface area contributed by atoms with Gasteiger partial charge in [0.2, 0.25) is 5.91 Å². The molecule has 0 aromatic heterocycles. The van der Waals surface area contributed by atoms with Crippen molar-refractivity contribution >= 4 is 28.7 Å². The second kappa shape index (κ2) is 7.67. The fourth-order valence-corrected chi connectivity index (χ4v) is 2.63. The Hall–Kier alpha value is -3.07. The van der Waals surface area contributed by atoms with E-state index in [9.17, 15) is 4.79 Å². The maximum absolute atomic E-state index is 12.2. The number of rotatable bonds is 5. The zero-order chi connectivity index (χ0) is 17.6. The van der Waals surface area contributed by atoms with Gasteiger partial charge in [-0.1, -0.05) is 62.4 Å². The van der Waals surface area contributed by atoms with E-state index in [1.54, 1.807) is 0 Å². The molecule has 3 rings (SSSR count). The van der Waals surface area contributed by atoms with Crippen molar-refractivity contribution in [1.29, 1.82) is 0 Å². The molecule has 0 saturated heterocycles. The molecule has 0 radical (unpaired) electrons. The average Bonchev–Trinajstić information content (AvgIpc) is 2.65. The minimum Gasteiger partial charge on any atom is -0.324 e. The number of amides is 1. The van der Waals surface area contributed by atoms with E-state index >= 15 is 0 Å². The molecule has 0 saturated carbocycles. The molecule has 0 fully saturated rings. The molecule has 3 aromatic carbocycles. The summed E-state index contributed by atoms with van der Waals surface area (Å²) in [5.41, 5.74) is 3.82. The highest BCUT2D eigenvalue weighted by Gasteiger charge is 2.17. The van der Waals surface area contributed by atoms with Crippen LogP contribution in [0.15, 0.2) is 84.9 Å². The van der Waals surface area contributed by atoms with Gasteiger partial charge < -0.3 is 10.2 Å². The smallest absolute Gasteiger partial charge is 0.226 e. The number of anilines is 4. The SMILES string of the molecule is CC(C)C(=O)Nc1ccccc1N(c1ccccc1)c1ccccc1. The van der Waals surface area contributed by atoms with Crippen LogP contribution in [0.5, 0.6) is 0 Å². The van der Waals surface area contributed by atoms with Crippen LogP contribution in [-0.4, -0.2) is 5.91 Å². The molecule has 0 aliphatic rings. The summed E-state index contributed by atoms with van der Waals surface area (Å²) < 4.78 is 0. The number of hydrogen-bond donors (Lipinski definition) is 1. The standard InChI is InChI=1S/C22H22N2O/c1-17(2)22(25)23-20-15-9-10-16-21(20)24(18-11-5-3-6-12-18)19-13-7-4-8-14-19/h3-17H,1-2H3,(H,23,25). The summed E-state index contributed by atoms with van der Waals surface area (Å²) in [7, 11) is 0. The topological polar surface area (TPSA) is 32.3 Å². The normalized spacial score (nSPS) is 10.5. The highest BCUT2D eigenvalue weighted by atomic mass is 16.1. The number of nitrogens with zero attached hydrogens (tertiary/aromatic N) is 1. The molecule has 3 heteroatoms. The lowest BCUT2D eigenvalue weighted by Gasteiger charge is -2.27. The minimum atomic E-state index is -0.0741. The molecule has 0 unspecified atom stereocenters. The van der Waals surface area contributed by atoms with Crippen LogP contribution in [0.3, 0.4) is 0 Å². The van der Waals surface area contributed by atoms with E-state index in [0.717, 1.165) is 22.7 Å². The molecule has 1 amide bonds. The first-order valence-corrected chi connectivity index (χ1v) is 8.47. The predicted molar refractivity (Wildman–Crippen MR) is 105 cm³/mol. The van der Waals surface area contributed by atoms with Gasteiger partial charge in [0.25, 0.3) is 0 Å². The first-order chi connectivity index (χ1) is 12.2. The van der Waals surface area contributed by atoms with Crippen molar-refractivity contribution in [2.75, 3.05) is 10.2 Å². The molecular formula is C22H22N2O. The second-order valence-electron chi connectivity index (χ2n) is 6.17. The summed E-state index contributed by atoms with van der Waals surface area (Å²) in [6, 6.07) is 28.2. The summed E-state index contributed by atoms with van der Waals surface area (Å²) in [5, 5.41) is 3.05. The number of benzene rings is 3. The Bertz CT molecular complexity index is 789. The fraction of sp³-hybridized carbons (Fsp3) is 0.136. The Balaban J connectivity index is 2.10. The van der Waals surface area contributed by atoms with Crippen molar-refractivity contribution < 1.29 is 4.79 Å². The third-order valence-corrected chi connectivity index (χ3v) is 3.96. The number of carbonyl (C=O) groups is 1. The molecule has 0 bridgehead atoms. The van der Waals surface area contributed by atoms with Crippen LogP contribution >= 0.6 is 0 Å². The summed E-state index contributed by atoms with van der Waals surface area (Å²) in [6.45, 7) is 3.79. The third kappa shape index (κ3) is 3.89. The molecule has 0 aliphatic heterocycles. The highest BCUT2D eigenvalue weighted by Crippen LogP contribution is 2.38. The van der Waals surface area contributed by atoms with Gasteiger partial charge in [-0.25, -0.2) is 0 Å². The van der Waals surface area contributed by atoms with E-state index in [0.29, 0.717) is 0 Å². The Morgan fingerprint density at radius 3 is 1.76 bits per heavy atom. The molecule has 3 nitrogen and oxygen atoms in total. The Labute approximate surface area is 148 Å². The molecule has 126 valence electrons. The van der Waals surface area contributed by atoms with Gasteiger partial charge >= 0.3 is 0 Å². The molecule has 3 aromatic rings. The maximum Gasteiger partial charge on any atom is 0.226 e. The van der Waals surface area contributed by atoms with E-state index in [2.05, 4.69) is 34.5 Å². The zero-order valence-electron chi connectivity index (χ0n) is 14.5. The van der Waals surface area contributed by atoms with Gasteiger partial charge in [0, 0.05) is 17.3 Å². The molecular weight excluding hydrogens is 308 g/mol. The van der Waals surface area contributed by atoms with E-state index in [1.165, 1.54) is 0 Å². The summed E-state index contributed by atoms with van der Waals surface area (Å²) in [4.78, 5) is 14.4. The van der Waals surface area contributed by atoms with Gasteiger partial charge in [-0.15, -0.1) is 0 Å². The maximum atomic E-state index is 12.2. The molecule has 0 heterocycles. The van der Waals surface area contributed by atoms with Crippen molar-refractivity contribution in [1.82, 2.24) is 0 Å². The van der Waals surface area contributed by atoms with E-state index in [-0.39, 0.29) is 11.8 Å². The monoisotopic (exact) mass is 330 g/mol. The summed E-state index contributed by atoms with van der Waals surface area (Å²) in [5.74, 6) is -0.0662. The number of para-hydroxylation sites is 4. The van der Waals surface area contributed by atoms with Crippen LogP contribution in [0, 0.1) is 5.92 Å². The average molecular weight is 330 g/mol. The number of nitrogens with one attached hydrogen (secondary N) is 1. The van der Waals surface area contributed by atoms with Crippen LogP contribution in [0.25, 0.3) is 0 Å². The van der Waals surface area contributed by atoms with Crippen LogP contribution in [0.2, 0.25) is 0 Å². The van der Waals surface area contributed by atoms with Crippen LogP contribution in [0.1, 0.15) is 13.8 Å². The lowest BCUT2D eigenvalue weighted by atomic mass is 10.1. The summed E-state index contributed by atoms with van der Waals surface area (Å²) >= 11 is 0. The molecule has 1 N–H and O–H groups in total. The van der Waals surface area contributed by atoms with Crippen LogP contribution in [-0.2, 0) is 4.79 Å². The van der Waals surface area contributed by atoms with Gasteiger partial charge in [0.1, 0.15) is 0 Å². The largest absolute Gasteiger partial charge is 0.324 e. The Kier molecular flexibility index (Phi) is 5.14. The predicted octanol–water partition coefficient (Wildman–Crippen LogP) is 5.75. The first kappa shape index (κ1) is 16.8. The quantitative estimate of drug-likeness (QED) is 0.646. The van der Waals surface area contributed by atoms with Gasteiger partial charge in [-0.2, -0.15) is 0 Å². The number of carbonyl (C=O) groups excluding carboxylic acids is 1. The third-order valence-electron chi connectivity index (χ3n) is 3.96. The minimum absolute atomic E-state index is 0.00789. The molecule has 25 heavy (non-hydrogen) atoms. The van der Waals surface area contributed by atoms with Crippen LogP contribution < -0.4 is 10.2 Å². The van der Waals surface area contributed by atoms with E-state index < -0.39 is 0 Å². The van der Waals surface area contributed by atoms with Crippen molar-refractivity contribution in [3.05, 3.63) is 84.9 Å². The van der Waals surface area contributed by atoms with Gasteiger partial charge in [0.05, 0.1) is 11.4 Å². The first-order valence-electron chi connectivity index (χ1n) is 8.47. The second-order valence-corrected chi connectivity index (χ2v) is 6.17. The number of hydrogen-bond acceptors (Lipinski definition) is 2. The van der Waals surface area contributed by atoms with Gasteiger partial charge in [-0.3, -0.25) is 4.79 Å². The van der Waals surface area contributed by atoms with Crippen molar-refractivity contribution in [2.45, 2.75) is 13.8 Å². The fourth-order valence-electron chi connectivity index (χ4n) is 2.63. The Morgan fingerprint density at radius 2 is 1.24 bits per heavy atom.